The zero-order valence-corrected chi connectivity index (χ0v) is 17.1. The first kappa shape index (κ1) is 23.6. The Morgan fingerprint density at radius 1 is 1.28 bits per heavy atom. The van der Waals surface area contributed by atoms with Gasteiger partial charge in [0.25, 0.3) is 10.0 Å². The Morgan fingerprint density at radius 2 is 1.90 bits per heavy atom. The Hall–Kier alpha value is -1.70. The van der Waals surface area contributed by atoms with Crippen molar-refractivity contribution < 1.29 is 41.4 Å². The SMILES string of the molecule is CN1C[C@@H]2CN(S(=O)(=O)c3cccs3)CCC[C@]2(C(=O)O)C1.O=C(O)C(F)(F)F. The number of hydrogen-bond donors (Lipinski definition) is 2. The predicted molar refractivity (Wildman–Crippen MR) is 97.1 cm³/mol. The molecule has 2 aliphatic rings. The van der Waals surface area contributed by atoms with Gasteiger partial charge >= 0.3 is 18.1 Å². The van der Waals surface area contributed by atoms with Crippen molar-refractivity contribution in [2.24, 2.45) is 11.3 Å². The lowest BCUT2D eigenvalue weighted by molar-refractivity contribution is -0.192. The van der Waals surface area contributed by atoms with Crippen molar-refractivity contribution in [2.75, 3.05) is 33.2 Å². The van der Waals surface area contributed by atoms with Gasteiger partial charge in [-0.25, -0.2) is 13.2 Å². The number of likely N-dealkylation sites (tertiary alicyclic amines) is 1. The molecule has 0 unspecified atom stereocenters. The monoisotopic (exact) mass is 458 g/mol. The summed E-state index contributed by atoms with van der Waals surface area (Å²) in [6.07, 6.45) is -3.96. The van der Waals surface area contributed by atoms with Gasteiger partial charge in [0.2, 0.25) is 0 Å². The minimum absolute atomic E-state index is 0.160. The predicted octanol–water partition coefficient (Wildman–Crippen LogP) is 1.80. The molecule has 0 spiro atoms. The molecule has 13 heteroatoms. The fourth-order valence-corrected chi connectivity index (χ4v) is 6.42. The van der Waals surface area contributed by atoms with E-state index in [4.69, 9.17) is 9.90 Å². The summed E-state index contributed by atoms with van der Waals surface area (Å²) in [4.78, 5) is 22.7. The maximum Gasteiger partial charge on any atom is 0.490 e. The third kappa shape index (κ3) is 5.08. The van der Waals surface area contributed by atoms with E-state index in [9.17, 15) is 31.5 Å². The summed E-state index contributed by atoms with van der Waals surface area (Å²) >= 11 is 1.21. The van der Waals surface area contributed by atoms with Gasteiger partial charge < -0.3 is 15.1 Å². The molecule has 29 heavy (non-hydrogen) atoms. The van der Waals surface area contributed by atoms with Gasteiger partial charge in [0.1, 0.15) is 4.21 Å². The number of carboxylic acids is 2. The lowest BCUT2D eigenvalue weighted by Crippen LogP contribution is -2.42. The number of nitrogens with zero attached hydrogens (tertiary/aromatic N) is 2. The number of carboxylic acid groups (broad SMARTS) is 2. The topological polar surface area (TPSA) is 115 Å². The average Bonchev–Trinajstić information content (AvgIpc) is 3.19. The third-order valence-corrected chi connectivity index (χ3v) is 8.32. The first-order valence-electron chi connectivity index (χ1n) is 8.56. The van der Waals surface area contributed by atoms with Gasteiger partial charge in [-0.2, -0.15) is 17.5 Å². The highest BCUT2D eigenvalue weighted by Gasteiger charge is 2.53. The second-order valence-electron chi connectivity index (χ2n) is 7.06. The summed E-state index contributed by atoms with van der Waals surface area (Å²) in [6, 6.07) is 3.33. The molecule has 0 amide bonds. The highest BCUT2D eigenvalue weighted by molar-refractivity contribution is 7.91. The third-order valence-electron chi connectivity index (χ3n) is 5.08. The van der Waals surface area contributed by atoms with E-state index < -0.39 is 33.6 Å². The van der Waals surface area contributed by atoms with Gasteiger partial charge in [0, 0.05) is 32.1 Å². The van der Waals surface area contributed by atoms with Crippen molar-refractivity contribution in [3.63, 3.8) is 0 Å². The summed E-state index contributed by atoms with van der Waals surface area (Å²) in [6.45, 7) is 1.81. The van der Waals surface area contributed by atoms with Crippen molar-refractivity contribution in [1.82, 2.24) is 9.21 Å². The minimum atomic E-state index is -5.08. The Morgan fingerprint density at radius 3 is 2.38 bits per heavy atom. The highest BCUT2D eigenvalue weighted by atomic mass is 32.2. The molecule has 0 aliphatic carbocycles. The van der Waals surface area contributed by atoms with E-state index in [1.54, 1.807) is 17.5 Å². The van der Waals surface area contributed by atoms with Gasteiger partial charge in [-0.05, 0) is 31.3 Å². The second-order valence-corrected chi connectivity index (χ2v) is 10.2. The quantitative estimate of drug-likeness (QED) is 0.710. The molecule has 1 aromatic heterocycles. The van der Waals surface area contributed by atoms with Crippen LogP contribution in [-0.2, 0) is 19.6 Å². The maximum atomic E-state index is 12.7. The lowest BCUT2D eigenvalue weighted by Gasteiger charge is -2.29. The van der Waals surface area contributed by atoms with Gasteiger partial charge in [-0.15, -0.1) is 11.3 Å². The molecule has 3 rings (SSSR count). The van der Waals surface area contributed by atoms with Gasteiger partial charge in [-0.1, -0.05) is 6.07 Å². The van der Waals surface area contributed by atoms with Crippen LogP contribution in [0.3, 0.4) is 0 Å². The van der Waals surface area contributed by atoms with E-state index in [2.05, 4.69) is 0 Å². The summed E-state index contributed by atoms with van der Waals surface area (Å²) in [5.41, 5.74) is -0.811. The van der Waals surface area contributed by atoms with Crippen LogP contribution in [-0.4, -0.2) is 79.2 Å². The van der Waals surface area contributed by atoms with Crippen LogP contribution in [0.4, 0.5) is 13.2 Å². The number of rotatable bonds is 3. The molecule has 1 aromatic rings. The summed E-state index contributed by atoms with van der Waals surface area (Å²) in [5, 5.41) is 18.6. The number of halogens is 3. The van der Waals surface area contributed by atoms with Crippen LogP contribution in [0.15, 0.2) is 21.7 Å². The number of sulfonamides is 1. The molecule has 3 heterocycles. The first-order valence-corrected chi connectivity index (χ1v) is 10.9. The number of thiophene rings is 1. The summed E-state index contributed by atoms with van der Waals surface area (Å²) < 4.78 is 59.0. The molecule has 2 atom stereocenters. The number of alkyl halides is 3. The van der Waals surface area contributed by atoms with Crippen molar-refractivity contribution in [1.29, 1.82) is 0 Å². The van der Waals surface area contributed by atoms with Crippen LogP contribution in [0.25, 0.3) is 0 Å². The normalized spacial score (nSPS) is 26.1. The fraction of sp³-hybridized carbons (Fsp3) is 0.625. The fourth-order valence-electron chi connectivity index (χ4n) is 3.75. The molecule has 2 N–H and O–H groups in total. The lowest BCUT2D eigenvalue weighted by atomic mass is 9.75. The maximum absolute atomic E-state index is 12.7. The largest absolute Gasteiger partial charge is 0.490 e. The van der Waals surface area contributed by atoms with E-state index in [-0.39, 0.29) is 12.5 Å². The Kier molecular flexibility index (Phi) is 6.97. The number of hydrogen-bond acceptors (Lipinski definition) is 6. The molecule has 0 radical (unpaired) electrons. The van der Waals surface area contributed by atoms with Crippen LogP contribution >= 0.6 is 11.3 Å². The van der Waals surface area contributed by atoms with Gasteiger partial charge in [0.05, 0.1) is 5.41 Å². The van der Waals surface area contributed by atoms with Crippen LogP contribution in [0.1, 0.15) is 12.8 Å². The van der Waals surface area contributed by atoms with Crippen molar-refractivity contribution in [3.05, 3.63) is 17.5 Å². The number of aliphatic carboxylic acids is 2. The zero-order chi connectivity index (χ0) is 22.0. The summed E-state index contributed by atoms with van der Waals surface area (Å²) in [5.74, 6) is -3.71. The van der Waals surface area contributed by atoms with E-state index in [1.807, 2.05) is 11.9 Å². The van der Waals surface area contributed by atoms with Crippen LogP contribution in [0.5, 0.6) is 0 Å². The van der Waals surface area contributed by atoms with E-state index in [1.165, 1.54) is 15.6 Å². The minimum Gasteiger partial charge on any atom is -0.481 e. The molecule has 0 saturated carbocycles. The van der Waals surface area contributed by atoms with E-state index in [0.29, 0.717) is 36.7 Å². The van der Waals surface area contributed by atoms with Crippen molar-refractivity contribution in [3.8, 4) is 0 Å². The van der Waals surface area contributed by atoms with Crippen LogP contribution < -0.4 is 0 Å². The first-order chi connectivity index (χ1) is 13.3. The molecule has 0 bridgehead atoms. The van der Waals surface area contributed by atoms with Crippen molar-refractivity contribution in [2.45, 2.75) is 23.2 Å². The van der Waals surface area contributed by atoms with E-state index >= 15 is 0 Å². The molecular formula is C16H21F3N2O6S2. The molecule has 2 saturated heterocycles. The van der Waals surface area contributed by atoms with Gasteiger partial charge in [0.15, 0.2) is 0 Å². The Labute approximate surface area is 169 Å². The van der Waals surface area contributed by atoms with Crippen LogP contribution in [0.2, 0.25) is 0 Å². The molecule has 8 nitrogen and oxygen atoms in total. The molecule has 164 valence electrons. The molecule has 2 fully saturated rings. The smallest absolute Gasteiger partial charge is 0.481 e. The zero-order valence-electron chi connectivity index (χ0n) is 15.4. The molecular weight excluding hydrogens is 437 g/mol. The highest BCUT2D eigenvalue weighted by Crippen LogP contribution is 2.43. The second kappa shape index (κ2) is 8.58. The number of carbonyl (C=O) groups is 2. The van der Waals surface area contributed by atoms with E-state index in [0.717, 1.165) is 0 Å². The summed E-state index contributed by atoms with van der Waals surface area (Å²) in [7, 11) is -1.61. The average molecular weight is 458 g/mol. The van der Waals surface area contributed by atoms with Crippen molar-refractivity contribution >= 4 is 33.3 Å². The number of fused-ring (bicyclic) bond motifs is 1. The Bertz CT molecular complexity index is 843. The molecule has 0 aromatic carbocycles. The molecule has 2 aliphatic heterocycles. The van der Waals surface area contributed by atoms with Gasteiger partial charge in [-0.3, -0.25) is 4.79 Å². The van der Waals surface area contributed by atoms with Crippen LogP contribution in [0, 0.1) is 11.3 Å². The Balaban J connectivity index is 0.000000370. The standard InChI is InChI=1S/C14H20N2O4S2.C2HF3O2/c1-15-8-11-9-16(22(19,20)12-4-2-7-21-12)6-3-5-14(11,10-15)13(17)18;3-2(4,5)1(6)7/h2,4,7,11H,3,5-6,8-10H2,1H3,(H,17,18);(H,6,7)/t11-,14+;/m1./s1.